The van der Waals surface area contributed by atoms with Crippen LogP contribution in [-0.4, -0.2) is 31.8 Å². The van der Waals surface area contributed by atoms with Gasteiger partial charge >= 0.3 is 0 Å². The maximum Gasteiger partial charge on any atom is 0.227 e. The van der Waals surface area contributed by atoms with Crippen LogP contribution in [0.25, 0.3) is 16.9 Å². The number of hydrogen-bond acceptors (Lipinski definition) is 6. The number of aromatic nitrogens is 5. The van der Waals surface area contributed by atoms with E-state index in [0.29, 0.717) is 22.4 Å². The topological polar surface area (TPSA) is 77.8 Å². The van der Waals surface area contributed by atoms with Crippen molar-refractivity contribution in [2.75, 3.05) is 12.4 Å². The first-order valence-corrected chi connectivity index (χ1v) is 8.50. The standard InChI is InChI=1S/C19H15ClN6O/c1-27-17-7-3-2-6-16(17)24-19-22-11-15(20)18(25-19)13-9-23-26(12-13)14-5-4-8-21-10-14/h2-12H,1H3,(H,22,24,25). The van der Waals surface area contributed by atoms with Crippen LogP contribution in [0.2, 0.25) is 5.02 Å². The number of methoxy groups -OCH3 is 1. The molecule has 0 aliphatic carbocycles. The minimum Gasteiger partial charge on any atom is -0.495 e. The Morgan fingerprint density at radius 2 is 1.96 bits per heavy atom. The van der Waals surface area contributed by atoms with Crippen molar-refractivity contribution in [2.45, 2.75) is 0 Å². The van der Waals surface area contributed by atoms with Crippen LogP contribution in [-0.2, 0) is 0 Å². The highest BCUT2D eigenvalue weighted by Gasteiger charge is 2.12. The Kier molecular flexibility index (Phi) is 4.67. The average molecular weight is 379 g/mol. The molecule has 0 aliphatic rings. The average Bonchev–Trinajstić information content (AvgIpc) is 3.20. The predicted octanol–water partition coefficient (Wildman–Crippen LogP) is 4.13. The van der Waals surface area contributed by atoms with Crippen LogP contribution in [0.4, 0.5) is 11.6 Å². The number of nitrogens with one attached hydrogen (secondary N) is 1. The first-order chi connectivity index (χ1) is 13.2. The van der Waals surface area contributed by atoms with Gasteiger partial charge in [-0.25, -0.2) is 14.6 Å². The van der Waals surface area contributed by atoms with E-state index in [4.69, 9.17) is 16.3 Å². The molecular formula is C19H15ClN6O. The van der Waals surface area contributed by atoms with Gasteiger partial charge in [0.1, 0.15) is 5.75 Å². The van der Waals surface area contributed by atoms with Crippen molar-refractivity contribution >= 4 is 23.2 Å². The zero-order valence-corrected chi connectivity index (χ0v) is 15.1. The molecule has 4 rings (SSSR count). The lowest BCUT2D eigenvalue weighted by molar-refractivity contribution is 0.417. The van der Waals surface area contributed by atoms with Crippen LogP contribution in [0.1, 0.15) is 0 Å². The Bertz CT molecular complexity index is 1070. The van der Waals surface area contributed by atoms with Gasteiger partial charge in [-0.3, -0.25) is 4.98 Å². The van der Waals surface area contributed by atoms with E-state index in [2.05, 4.69) is 25.4 Å². The quantitative estimate of drug-likeness (QED) is 0.562. The molecule has 0 atom stereocenters. The van der Waals surface area contributed by atoms with E-state index < -0.39 is 0 Å². The Morgan fingerprint density at radius 1 is 1.07 bits per heavy atom. The lowest BCUT2D eigenvalue weighted by Gasteiger charge is -2.10. The largest absolute Gasteiger partial charge is 0.495 e. The molecule has 8 heteroatoms. The second kappa shape index (κ2) is 7.43. The van der Waals surface area contributed by atoms with Crippen molar-refractivity contribution in [2.24, 2.45) is 0 Å². The molecule has 0 bridgehead atoms. The first-order valence-electron chi connectivity index (χ1n) is 8.12. The summed E-state index contributed by atoms with van der Waals surface area (Å²) in [5, 5.41) is 7.95. The summed E-state index contributed by atoms with van der Waals surface area (Å²) in [5.74, 6) is 1.11. The van der Waals surface area contributed by atoms with Gasteiger partial charge in [0.15, 0.2) is 0 Å². The third-order valence-electron chi connectivity index (χ3n) is 3.86. The summed E-state index contributed by atoms with van der Waals surface area (Å²) in [7, 11) is 1.61. The van der Waals surface area contributed by atoms with Crippen LogP contribution in [0, 0.1) is 0 Å². The molecule has 27 heavy (non-hydrogen) atoms. The van der Waals surface area contributed by atoms with Crippen LogP contribution >= 0.6 is 11.6 Å². The van der Waals surface area contributed by atoms with E-state index in [1.54, 1.807) is 36.6 Å². The van der Waals surface area contributed by atoms with Gasteiger partial charge in [-0.2, -0.15) is 5.10 Å². The minimum absolute atomic E-state index is 0.410. The van der Waals surface area contributed by atoms with Crippen molar-refractivity contribution in [3.63, 3.8) is 0 Å². The first kappa shape index (κ1) is 17.0. The van der Waals surface area contributed by atoms with E-state index in [0.717, 1.165) is 16.9 Å². The van der Waals surface area contributed by atoms with Gasteiger partial charge in [0, 0.05) is 18.0 Å². The molecule has 3 aromatic heterocycles. The normalized spacial score (nSPS) is 10.6. The molecule has 0 radical (unpaired) electrons. The van der Waals surface area contributed by atoms with Crippen molar-refractivity contribution in [3.05, 3.63) is 72.4 Å². The summed E-state index contributed by atoms with van der Waals surface area (Å²) in [6, 6.07) is 11.3. The van der Waals surface area contributed by atoms with Crippen LogP contribution in [0.5, 0.6) is 5.75 Å². The molecule has 1 N–H and O–H groups in total. The Morgan fingerprint density at radius 3 is 2.78 bits per heavy atom. The fraction of sp³-hybridized carbons (Fsp3) is 0.0526. The number of benzene rings is 1. The molecule has 0 spiro atoms. The molecule has 0 fully saturated rings. The number of anilines is 2. The smallest absolute Gasteiger partial charge is 0.227 e. The highest BCUT2D eigenvalue weighted by atomic mass is 35.5. The molecule has 0 unspecified atom stereocenters. The summed E-state index contributed by atoms with van der Waals surface area (Å²) < 4.78 is 7.06. The van der Waals surface area contributed by atoms with E-state index in [-0.39, 0.29) is 0 Å². The van der Waals surface area contributed by atoms with Gasteiger partial charge in [0.25, 0.3) is 0 Å². The predicted molar refractivity (Wildman–Crippen MR) is 104 cm³/mol. The van der Waals surface area contributed by atoms with Gasteiger partial charge in [-0.1, -0.05) is 23.7 Å². The number of rotatable bonds is 5. The molecule has 3 heterocycles. The van der Waals surface area contributed by atoms with Crippen molar-refractivity contribution in [1.29, 1.82) is 0 Å². The Labute approximate surface area is 160 Å². The van der Waals surface area contributed by atoms with Gasteiger partial charge in [0.2, 0.25) is 5.95 Å². The molecular weight excluding hydrogens is 364 g/mol. The number of halogens is 1. The van der Waals surface area contributed by atoms with Crippen LogP contribution in [0.3, 0.4) is 0 Å². The van der Waals surface area contributed by atoms with E-state index in [1.807, 2.05) is 42.6 Å². The summed E-state index contributed by atoms with van der Waals surface area (Å²) in [5.41, 5.74) is 2.97. The van der Waals surface area contributed by atoms with Crippen molar-refractivity contribution in [1.82, 2.24) is 24.7 Å². The highest BCUT2D eigenvalue weighted by Crippen LogP contribution is 2.29. The molecule has 0 saturated heterocycles. The van der Waals surface area contributed by atoms with Gasteiger partial charge in [0.05, 0.1) is 47.8 Å². The maximum absolute atomic E-state index is 6.32. The number of ether oxygens (including phenoxy) is 1. The second-order valence-corrected chi connectivity index (χ2v) is 6.01. The molecule has 0 saturated carbocycles. The summed E-state index contributed by atoms with van der Waals surface area (Å²) in [6.07, 6.45) is 8.55. The monoisotopic (exact) mass is 378 g/mol. The van der Waals surface area contributed by atoms with E-state index in [9.17, 15) is 0 Å². The SMILES string of the molecule is COc1ccccc1Nc1ncc(Cl)c(-c2cnn(-c3cccnc3)c2)n1. The molecule has 1 aromatic carbocycles. The zero-order valence-electron chi connectivity index (χ0n) is 14.4. The number of pyridine rings is 1. The molecule has 0 aliphatic heterocycles. The van der Waals surface area contributed by atoms with Crippen molar-refractivity contribution in [3.8, 4) is 22.7 Å². The fourth-order valence-corrected chi connectivity index (χ4v) is 2.77. The maximum atomic E-state index is 6.32. The fourth-order valence-electron chi connectivity index (χ4n) is 2.57. The lowest BCUT2D eigenvalue weighted by atomic mass is 10.2. The Balaban J connectivity index is 1.66. The van der Waals surface area contributed by atoms with Gasteiger partial charge < -0.3 is 10.1 Å². The number of para-hydroxylation sites is 2. The summed E-state index contributed by atoms with van der Waals surface area (Å²) in [4.78, 5) is 12.9. The van der Waals surface area contributed by atoms with Gasteiger partial charge in [-0.05, 0) is 24.3 Å². The molecule has 0 amide bonds. The lowest BCUT2D eigenvalue weighted by Crippen LogP contribution is -2.00. The summed E-state index contributed by atoms with van der Waals surface area (Å²) >= 11 is 6.32. The molecule has 4 aromatic rings. The van der Waals surface area contributed by atoms with E-state index >= 15 is 0 Å². The third-order valence-corrected chi connectivity index (χ3v) is 4.14. The van der Waals surface area contributed by atoms with E-state index in [1.165, 1.54) is 0 Å². The van der Waals surface area contributed by atoms with Crippen LogP contribution < -0.4 is 10.1 Å². The molecule has 7 nitrogen and oxygen atoms in total. The Hall–Kier alpha value is -3.45. The van der Waals surface area contributed by atoms with Gasteiger partial charge in [-0.15, -0.1) is 0 Å². The van der Waals surface area contributed by atoms with Crippen molar-refractivity contribution < 1.29 is 4.74 Å². The molecule has 134 valence electrons. The number of nitrogens with zero attached hydrogens (tertiary/aromatic N) is 5. The second-order valence-electron chi connectivity index (χ2n) is 5.60. The highest BCUT2D eigenvalue weighted by molar-refractivity contribution is 6.32. The third kappa shape index (κ3) is 3.58. The number of hydrogen-bond donors (Lipinski definition) is 1. The minimum atomic E-state index is 0.410. The zero-order chi connectivity index (χ0) is 18.6. The van der Waals surface area contributed by atoms with Crippen LogP contribution in [0.15, 0.2) is 67.4 Å². The summed E-state index contributed by atoms with van der Waals surface area (Å²) in [6.45, 7) is 0.